The van der Waals surface area contributed by atoms with Gasteiger partial charge in [0.05, 0.1) is 12.0 Å². The number of methoxy groups -OCH3 is 1. The van der Waals surface area contributed by atoms with Gasteiger partial charge in [0.1, 0.15) is 17.9 Å². The van der Waals surface area contributed by atoms with Crippen LogP contribution in [0.1, 0.15) is 36.9 Å². The summed E-state index contributed by atoms with van der Waals surface area (Å²) in [6.45, 7) is 1.81. The first-order valence-corrected chi connectivity index (χ1v) is 10.5. The van der Waals surface area contributed by atoms with Gasteiger partial charge < -0.3 is 9.47 Å². The van der Waals surface area contributed by atoms with E-state index in [1.165, 1.54) is 12.4 Å². The van der Waals surface area contributed by atoms with Crippen LogP contribution in [0.2, 0.25) is 0 Å². The number of nitriles is 1. The molecule has 1 saturated carbocycles. The molecule has 28 heavy (non-hydrogen) atoms. The number of hydrogen-bond donors (Lipinski definition) is 1. The molecule has 3 rings (SSSR count). The third kappa shape index (κ3) is 4.58. The number of aromatic nitrogens is 2. The number of hydrogen-bond acceptors (Lipinski definition) is 7. The molecule has 1 aliphatic carbocycles. The fourth-order valence-electron chi connectivity index (χ4n) is 3.25. The number of benzene rings is 1. The zero-order valence-corrected chi connectivity index (χ0v) is 16.6. The summed E-state index contributed by atoms with van der Waals surface area (Å²) in [6.07, 6.45) is 5.41. The van der Waals surface area contributed by atoms with Crippen LogP contribution in [0.15, 0.2) is 35.5 Å². The molecule has 1 fully saturated rings. The highest BCUT2D eigenvalue weighted by atomic mass is 32.2. The molecule has 0 aliphatic heterocycles. The standard InChI is InChI=1S/C19H22N4O4S/c1-13-11-16(7-8-18(13)26-2)28(24,25)23-14-3-5-15(6-4-14)27-19-17(12-20)21-9-10-22-19/h7-11,14-15,23H,3-6H2,1-2H3. The van der Waals surface area contributed by atoms with Crippen molar-refractivity contribution in [2.75, 3.05) is 7.11 Å². The maximum Gasteiger partial charge on any atom is 0.251 e. The summed E-state index contributed by atoms with van der Waals surface area (Å²) < 4.78 is 39.1. The molecule has 0 atom stereocenters. The minimum Gasteiger partial charge on any atom is -0.496 e. The van der Waals surface area contributed by atoms with Crippen LogP contribution in [0.3, 0.4) is 0 Å². The van der Waals surface area contributed by atoms with Crippen LogP contribution in [0.4, 0.5) is 0 Å². The van der Waals surface area contributed by atoms with Crippen molar-refractivity contribution in [1.82, 2.24) is 14.7 Å². The molecule has 8 nitrogen and oxygen atoms in total. The monoisotopic (exact) mass is 402 g/mol. The number of ether oxygens (including phenoxy) is 2. The lowest BCUT2D eigenvalue weighted by molar-refractivity contribution is 0.137. The van der Waals surface area contributed by atoms with Crippen LogP contribution in [0.25, 0.3) is 0 Å². The van der Waals surface area contributed by atoms with Crippen LogP contribution >= 0.6 is 0 Å². The van der Waals surface area contributed by atoms with Crippen molar-refractivity contribution < 1.29 is 17.9 Å². The van der Waals surface area contributed by atoms with Gasteiger partial charge in [-0.1, -0.05) is 0 Å². The molecule has 1 heterocycles. The number of nitrogens with one attached hydrogen (secondary N) is 1. The van der Waals surface area contributed by atoms with Crippen molar-refractivity contribution in [3.8, 4) is 17.7 Å². The lowest BCUT2D eigenvalue weighted by Crippen LogP contribution is -2.39. The Kier molecular flexibility index (Phi) is 6.11. The second-order valence-electron chi connectivity index (χ2n) is 6.67. The average molecular weight is 402 g/mol. The molecule has 0 radical (unpaired) electrons. The Hall–Kier alpha value is -2.70. The number of aryl methyl sites for hydroxylation is 1. The quantitative estimate of drug-likeness (QED) is 0.788. The smallest absolute Gasteiger partial charge is 0.251 e. The summed E-state index contributed by atoms with van der Waals surface area (Å²) in [4.78, 5) is 8.21. The Labute approximate surface area is 164 Å². The van der Waals surface area contributed by atoms with Gasteiger partial charge in [-0.25, -0.2) is 23.1 Å². The topological polar surface area (TPSA) is 114 Å². The highest BCUT2D eigenvalue weighted by molar-refractivity contribution is 7.89. The van der Waals surface area contributed by atoms with Crippen LogP contribution in [-0.2, 0) is 10.0 Å². The van der Waals surface area contributed by atoms with E-state index in [4.69, 9.17) is 14.7 Å². The number of sulfonamides is 1. The van der Waals surface area contributed by atoms with Crippen molar-refractivity contribution >= 4 is 10.0 Å². The van der Waals surface area contributed by atoms with E-state index in [0.29, 0.717) is 31.4 Å². The molecule has 0 saturated heterocycles. The van der Waals surface area contributed by atoms with Gasteiger partial charge in [-0.05, 0) is 56.4 Å². The van der Waals surface area contributed by atoms with Crippen LogP contribution in [0, 0.1) is 18.3 Å². The average Bonchev–Trinajstić information content (AvgIpc) is 2.69. The predicted molar refractivity (Wildman–Crippen MR) is 101 cm³/mol. The summed E-state index contributed by atoms with van der Waals surface area (Å²) >= 11 is 0. The summed E-state index contributed by atoms with van der Waals surface area (Å²) in [5, 5.41) is 9.06. The zero-order chi connectivity index (χ0) is 20.1. The van der Waals surface area contributed by atoms with Crippen molar-refractivity contribution in [2.24, 2.45) is 0 Å². The van der Waals surface area contributed by atoms with E-state index in [1.54, 1.807) is 25.3 Å². The lowest BCUT2D eigenvalue weighted by atomic mass is 9.94. The highest BCUT2D eigenvalue weighted by Gasteiger charge is 2.27. The van der Waals surface area contributed by atoms with Gasteiger partial charge >= 0.3 is 0 Å². The fraction of sp³-hybridized carbons (Fsp3) is 0.421. The molecular formula is C19H22N4O4S. The summed E-state index contributed by atoms with van der Waals surface area (Å²) in [5.41, 5.74) is 0.917. The molecule has 2 aromatic rings. The van der Waals surface area contributed by atoms with Gasteiger partial charge in [0.15, 0.2) is 0 Å². The Morgan fingerprint density at radius 1 is 1.18 bits per heavy atom. The number of nitrogens with zero attached hydrogens (tertiary/aromatic N) is 3. The van der Waals surface area contributed by atoms with Crippen LogP contribution in [-0.4, -0.2) is 37.6 Å². The molecule has 0 bridgehead atoms. The zero-order valence-electron chi connectivity index (χ0n) is 15.8. The number of rotatable bonds is 6. The van der Waals surface area contributed by atoms with Crippen molar-refractivity contribution in [3.63, 3.8) is 0 Å². The van der Waals surface area contributed by atoms with Crippen LogP contribution in [0.5, 0.6) is 11.6 Å². The van der Waals surface area contributed by atoms with Gasteiger partial charge in [0.25, 0.3) is 5.88 Å². The van der Waals surface area contributed by atoms with E-state index in [9.17, 15) is 8.42 Å². The SMILES string of the molecule is COc1ccc(S(=O)(=O)NC2CCC(Oc3nccnc3C#N)CC2)cc1C. The summed E-state index contributed by atoms with van der Waals surface area (Å²) in [5.74, 6) is 0.875. The maximum atomic E-state index is 12.7. The van der Waals surface area contributed by atoms with Gasteiger partial charge in [-0.15, -0.1) is 0 Å². The van der Waals surface area contributed by atoms with E-state index in [-0.39, 0.29) is 28.6 Å². The minimum atomic E-state index is -3.61. The highest BCUT2D eigenvalue weighted by Crippen LogP contribution is 2.26. The van der Waals surface area contributed by atoms with Gasteiger partial charge in [0.2, 0.25) is 15.7 Å². The van der Waals surface area contributed by atoms with Crippen molar-refractivity contribution in [1.29, 1.82) is 5.26 Å². The van der Waals surface area contributed by atoms with E-state index >= 15 is 0 Å². The first-order chi connectivity index (χ1) is 13.4. The van der Waals surface area contributed by atoms with E-state index in [0.717, 1.165) is 5.56 Å². The normalized spacial score (nSPS) is 19.6. The summed E-state index contributed by atoms with van der Waals surface area (Å²) in [6, 6.07) is 6.60. The maximum absolute atomic E-state index is 12.7. The summed E-state index contributed by atoms with van der Waals surface area (Å²) in [7, 11) is -2.05. The van der Waals surface area contributed by atoms with Gasteiger partial charge in [-0.2, -0.15) is 5.26 Å². The second-order valence-corrected chi connectivity index (χ2v) is 8.38. The Balaban J connectivity index is 1.59. The van der Waals surface area contributed by atoms with E-state index in [1.807, 2.05) is 13.0 Å². The van der Waals surface area contributed by atoms with Gasteiger partial charge in [0, 0.05) is 18.4 Å². The van der Waals surface area contributed by atoms with E-state index in [2.05, 4.69) is 14.7 Å². The Morgan fingerprint density at radius 2 is 1.89 bits per heavy atom. The molecule has 0 spiro atoms. The third-order valence-corrected chi connectivity index (χ3v) is 6.24. The molecule has 1 aliphatic rings. The Bertz CT molecular complexity index is 980. The molecule has 0 unspecified atom stereocenters. The van der Waals surface area contributed by atoms with E-state index < -0.39 is 10.0 Å². The Morgan fingerprint density at radius 3 is 2.54 bits per heavy atom. The van der Waals surface area contributed by atoms with Gasteiger partial charge in [-0.3, -0.25) is 0 Å². The second kappa shape index (κ2) is 8.54. The van der Waals surface area contributed by atoms with Crippen LogP contribution < -0.4 is 14.2 Å². The molecular weight excluding hydrogens is 380 g/mol. The molecule has 0 amide bonds. The largest absolute Gasteiger partial charge is 0.496 e. The first kappa shape index (κ1) is 20.0. The third-order valence-electron chi connectivity index (χ3n) is 4.72. The molecule has 1 aromatic carbocycles. The molecule has 9 heteroatoms. The van der Waals surface area contributed by atoms with Crippen molar-refractivity contribution in [3.05, 3.63) is 41.9 Å². The molecule has 1 N–H and O–H groups in total. The fourth-order valence-corrected chi connectivity index (χ4v) is 4.64. The first-order valence-electron chi connectivity index (χ1n) is 8.97. The minimum absolute atomic E-state index is 0.118. The molecule has 148 valence electrons. The molecule has 1 aromatic heterocycles. The predicted octanol–water partition coefficient (Wildman–Crippen LogP) is 2.33. The lowest BCUT2D eigenvalue weighted by Gasteiger charge is -2.29. The van der Waals surface area contributed by atoms with Crippen molar-refractivity contribution in [2.45, 2.75) is 49.6 Å².